The fraction of sp³-hybridized carbons (Fsp3) is 0.333. The third kappa shape index (κ3) is 3.69. The predicted octanol–water partition coefficient (Wildman–Crippen LogP) is 5.61. The highest BCUT2D eigenvalue weighted by molar-refractivity contribution is 6.06. The Morgan fingerprint density at radius 3 is 2.59 bits per heavy atom. The van der Waals surface area contributed by atoms with Gasteiger partial charge in [-0.25, -0.2) is 4.39 Å². The minimum absolute atomic E-state index is 0.0434. The number of benzene rings is 2. The van der Waals surface area contributed by atoms with Gasteiger partial charge in [-0.05, 0) is 61.7 Å². The molecule has 1 fully saturated rings. The van der Waals surface area contributed by atoms with Crippen molar-refractivity contribution in [3.8, 4) is 5.75 Å². The molecule has 1 amide bonds. The minimum atomic E-state index is -0.640. The Balaban J connectivity index is 1.72. The number of hydrogen-bond donors (Lipinski definition) is 1. The van der Waals surface area contributed by atoms with Crippen LogP contribution in [0, 0.1) is 5.82 Å². The van der Waals surface area contributed by atoms with Crippen molar-refractivity contribution >= 4 is 22.5 Å². The molecular formula is C24H25FN2O2. The van der Waals surface area contributed by atoms with E-state index in [0.717, 1.165) is 48.6 Å². The highest BCUT2D eigenvalue weighted by Crippen LogP contribution is 2.41. The molecule has 3 aromatic rings. The monoisotopic (exact) mass is 392 g/mol. The van der Waals surface area contributed by atoms with Gasteiger partial charge in [-0.3, -0.25) is 9.78 Å². The van der Waals surface area contributed by atoms with E-state index in [0.29, 0.717) is 18.0 Å². The van der Waals surface area contributed by atoms with E-state index in [1.54, 1.807) is 18.3 Å². The molecule has 0 saturated heterocycles. The minimum Gasteiger partial charge on any atom is -0.492 e. The number of anilines is 1. The van der Waals surface area contributed by atoms with Gasteiger partial charge in [0.1, 0.15) is 17.1 Å². The zero-order valence-corrected chi connectivity index (χ0v) is 16.6. The highest BCUT2D eigenvalue weighted by atomic mass is 19.1. The van der Waals surface area contributed by atoms with Crippen LogP contribution in [0.5, 0.6) is 5.75 Å². The number of pyridine rings is 1. The van der Waals surface area contributed by atoms with Crippen molar-refractivity contribution < 1.29 is 13.9 Å². The summed E-state index contributed by atoms with van der Waals surface area (Å²) in [6.45, 7) is 2.48. The lowest BCUT2D eigenvalue weighted by Crippen LogP contribution is -2.42. The lowest BCUT2D eigenvalue weighted by Gasteiger charge is -2.36. The third-order valence-electron chi connectivity index (χ3n) is 5.82. The maximum Gasteiger partial charge on any atom is 0.235 e. The molecule has 1 heterocycles. The number of nitrogens with one attached hydrogen (secondary N) is 1. The number of amides is 1. The van der Waals surface area contributed by atoms with E-state index in [1.165, 1.54) is 12.1 Å². The zero-order chi connectivity index (χ0) is 20.3. The molecule has 0 aliphatic heterocycles. The number of rotatable bonds is 5. The summed E-state index contributed by atoms with van der Waals surface area (Å²) in [4.78, 5) is 18.0. The van der Waals surface area contributed by atoms with Crippen molar-refractivity contribution in [1.29, 1.82) is 0 Å². The normalized spacial score (nSPS) is 15.8. The molecular weight excluding hydrogens is 367 g/mol. The van der Waals surface area contributed by atoms with Gasteiger partial charge >= 0.3 is 0 Å². The van der Waals surface area contributed by atoms with Crippen molar-refractivity contribution in [3.05, 3.63) is 66.1 Å². The third-order valence-corrected chi connectivity index (χ3v) is 5.82. The van der Waals surface area contributed by atoms with Crippen molar-refractivity contribution in [2.75, 3.05) is 11.9 Å². The van der Waals surface area contributed by atoms with Crippen LogP contribution in [-0.4, -0.2) is 17.5 Å². The van der Waals surface area contributed by atoms with Crippen molar-refractivity contribution in [2.45, 2.75) is 44.4 Å². The maximum absolute atomic E-state index is 13.6. The summed E-state index contributed by atoms with van der Waals surface area (Å²) in [5.41, 5.74) is 1.68. The molecule has 0 radical (unpaired) electrons. The van der Waals surface area contributed by atoms with Crippen molar-refractivity contribution in [1.82, 2.24) is 4.98 Å². The van der Waals surface area contributed by atoms with Crippen LogP contribution in [-0.2, 0) is 10.2 Å². The number of carbonyl (C=O) groups excluding carboxylic acids is 1. The molecule has 29 heavy (non-hydrogen) atoms. The van der Waals surface area contributed by atoms with E-state index in [-0.39, 0.29) is 11.7 Å². The van der Waals surface area contributed by atoms with Crippen LogP contribution in [0.15, 0.2) is 54.7 Å². The Hall–Kier alpha value is -2.95. The zero-order valence-electron chi connectivity index (χ0n) is 16.6. The summed E-state index contributed by atoms with van der Waals surface area (Å²) >= 11 is 0. The number of carbonyl (C=O) groups is 1. The lowest BCUT2D eigenvalue weighted by atomic mass is 9.68. The standard InChI is InChI=1S/C24H25FN2O2/c1-2-29-21-13-12-20(19-7-6-16-26-22(19)21)27-23(28)24(14-4-3-5-15-24)17-8-10-18(25)11-9-17/h6-13,16H,2-5,14-15H2,1H3,(H,27,28). The highest BCUT2D eigenvalue weighted by Gasteiger charge is 2.41. The Bertz CT molecular complexity index is 1010. The average Bonchev–Trinajstić information content (AvgIpc) is 2.76. The molecule has 4 rings (SSSR count). The molecule has 1 aliphatic carbocycles. The van der Waals surface area contributed by atoms with Gasteiger partial charge in [0.25, 0.3) is 0 Å². The van der Waals surface area contributed by atoms with Crippen molar-refractivity contribution in [3.63, 3.8) is 0 Å². The Kier molecular flexibility index (Phi) is 5.47. The van der Waals surface area contributed by atoms with E-state index < -0.39 is 5.41 Å². The second-order valence-corrected chi connectivity index (χ2v) is 7.55. The number of fused-ring (bicyclic) bond motifs is 1. The molecule has 0 unspecified atom stereocenters. The molecule has 150 valence electrons. The van der Waals surface area contributed by atoms with Gasteiger partial charge in [0, 0.05) is 11.6 Å². The summed E-state index contributed by atoms with van der Waals surface area (Å²) in [6.07, 6.45) is 6.33. The van der Waals surface area contributed by atoms with E-state index in [4.69, 9.17) is 4.74 Å². The second-order valence-electron chi connectivity index (χ2n) is 7.55. The van der Waals surface area contributed by atoms with Gasteiger partial charge in [0.15, 0.2) is 0 Å². The number of aromatic nitrogens is 1. The number of nitrogens with zero attached hydrogens (tertiary/aromatic N) is 1. The maximum atomic E-state index is 13.6. The molecule has 4 nitrogen and oxygen atoms in total. The summed E-state index contributed by atoms with van der Waals surface area (Å²) < 4.78 is 19.2. The molecule has 2 aromatic carbocycles. The van der Waals surface area contributed by atoms with E-state index in [2.05, 4.69) is 10.3 Å². The van der Waals surface area contributed by atoms with Crippen LogP contribution in [0.1, 0.15) is 44.6 Å². The van der Waals surface area contributed by atoms with Crippen LogP contribution in [0.4, 0.5) is 10.1 Å². The Morgan fingerprint density at radius 2 is 1.86 bits per heavy atom. The summed E-state index contributed by atoms with van der Waals surface area (Å²) in [7, 11) is 0. The molecule has 5 heteroatoms. The quantitative estimate of drug-likeness (QED) is 0.614. The van der Waals surface area contributed by atoms with Crippen LogP contribution < -0.4 is 10.1 Å². The van der Waals surface area contributed by atoms with Crippen LogP contribution in [0.25, 0.3) is 10.9 Å². The molecule has 1 aromatic heterocycles. The second kappa shape index (κ2) is 8.19. The number of halogens is 1. The molecule has 0 bridgehead atoms. The first-order chi connectivity index (χ1) is 14.1. The van der Waals surface area contributed by atoms with E-state index in [1.807, 2.05) is 31.2 Å². The summed E-state index contributed by atoms with van der Waals surface area (Å²) in [5.74, 6) is 0.369. The van der Waals surface area contributed by atoms with Crippen LogP contribution in [0.2, 0.25) is 0 Å². The fourth-order valence-corrected chi connectivity index (χ4v) is 4.34. The molecule has 1 aliphatic rings. The number of ether oxygens (including phenoxy) is 1. The van der Waals surface area contributed by atoms with Gasteiger partial charge in [0.05, 0.1) is 17.7 Å². The molecule has 0 atom stereocenters. The molecule has 1 N–H and O–H groups in total. The van der Waals surface area contributed by atoms with E-state index >= 15 is 0 Å². The van der Waals surface area contributed by atoms with Gasteiger partial charge in [-0.15, -0.1) is 0 Å². The SMILES string of the molecule is CCOc1ccc(NC(=O)C2(c3ccc(F)cc3)CCCCC2)c2cccnc12. The first kappa shape index (κ1) is 19.4. The predicted molar refractivity (Wildman–Crippen MR) is 113 cm³/mol. The summed E-state index contributed by atoms with van der Waals surface area (Å²) in [5, 5.41) is 3.99. The first-order valence-corrected chi connectivity index (χ1v) is 10.2. The van der Waals surface area contributed by atoms with Gasteiger partial charge in [-0.1, -0.05) is 31.4 Å². The molecule has 0 spiro atoms. The molecule has 1 saturated carbocycles. The van der Waals surface area contributed by atoms with Crippen molar-refractivity contribution in [2.24, 2.45) is 0 Å². The van der Waals surface area contributed by atoms with E-state index in [9.17, 15) is 9.18 Å². The largest absolute Gasteiger partial charge is 0.492 e. The van der Waals surface area contributed by atoms with Gasteiger partial charge in [0.2, 0.25) is 5.91 Å². The number of hydrogen-bond acceptors (Lipinski definition) is 3. The Morgan fingerprint density at radius 1 is 1.10 bits per heavy atom. The lowest BCUT2D eigenvalue weighted by molar-refractivity contribution is -0.122. The topological polar surface area (TPSA) is 51.2 Å². The fourth-order valence-electron chi connectivity index (χ4n) is 4.34. The van der Waals surface area contributed by atoms with Crippen LogP contribution >= 0.6 is 0 Å². The summed E-state index contributed by atoms with van der Waals surface area (Å²) in [6, 6.07) is 13.9. The smallest absolute Gasteiger partial charge is 0.235 e. The average molecular weight is 392 g/mol. The van der Waals surface area contributed by atoms with Gasteiger partial charge < -0.3 is 10.1 Å². The van der Waals surface area contributed by atoms with Gasteiger partial charge in [-0.2, -0.15) is 0 Å². The first-order valence-electron chi connectivity index (χ1n) is 10.2. The Labute approximate surface area is 170 Å². The van der Waals surface area contributed by atoms with Crippen LogP contribution in [0.3, 0.4) is 0 Å².